The predicted octanol–water partition coefficient (Wildman–Crippen LogP) is 4.47. The molecule has 1 unspecified atom stereocenters. The third-order valence-electron chi connectivity index (χ3n) is 3.60. The Morgan fingerprint density at radius 2 is 2.14 bits per heavy atom. The highest BCUT2D eigenvalue weighted by Crippen LogP contribution is 2.28. The van der Waals surface area contributed by atoms with Crippen molar-refractivity contribution in [2.45, 2.75) is 26.3 Å². The number of furan rings is 1. The molecule has 0 aliphatic heterocycles. The molecule has 0 radical (unpaired) electrons. The zero-order valence-electron chi connectivity index (χ0n) is 11.9. The first-order chi connectivity index (χ1) is 10.1. The Balaban J connectivity index is 2.18. The van der Waals surface area contributed by atoms with Crippen LogP contribution in [0.15, 0.2) is 34.7 Å². The van der Waals surface area contributed by atoms with Gasteiger partial charge in [0.1, 0.15) is 23.2 Å². The predicted molar refractivity (Wildman–Crippen MR) is 81.4 cm³/mol. The Morgan fingerprint density at radius 1 is 1.33 bits per heavy atom. The number of aromatic nitrogens is 2. The zero-order chi connectivity index (χ0) is 15.0. The minimum atomic E-state index is -0.274. The molecule has 0 saturated heterocycles. The van der Waals surface area contributed by atoms with Gasteiger partial charge in [0.05, 0.1) is 17.1 Å². The van der Waals surface area contributed by atoms with Crippen LogP contribution in [0, 0.1) is 12.7 Å². The second-order valence-corrected chi connectivity index (χ2v) is 5.47. The lowest BCUT2D eigenvalue weighted by Gasteiger charge is -2.15. The van der Waals surface area contributed by atoms with Crippen LogP contribution in [0.25, 0.3) is 11.0 Å². The molecule has 0 aliphatic rings. The van der Waals surface area contributed by atoms with Crippen LogP contribution in [0.3, 0.4) is 0 Å². The molecule has 0 bridgehead atoms. The average Bonchev–Trinajstić information content (AvgIpc) is 3.02. The Bertz CT molecular complexity index is 778. The van der Waals surface area contributed by atoms with Crippen molar-refractivity contribution < 1.29 is 8.81 Å². The van der Waals surface area contributed by atoms with Gasteiger partial charge < -0.3 is 8.98 Å². The standard InChI is InChI=1S/C16H16ClFN2O/c1-10-3-6-15(21-10)11(2)20-14-9-12(18)4-5-13(14)19-16(20)7-8-17/h3-6,9,11H,7-8H2,1-2H3. The molecule has 1 aromatic carbocycles. The van der Waals surface area contributed by atoms with Gasteiger partial charge in [-0.05, 0) is 44.2 Å². The molecule has 21 heavy (non-hydrogen) atoms. The summed E-state index contributed by atoms with van der Waals surface area (Å²) in [6.07, 6.45) is 0.627. The van der Waals surface area contributed by atoms with Gasteiger partial charge in [0.15, 0.2) is 0 Å². The SMILES string of the molecule is Cc1ccc(C(C)n2c(CCCl)nc3ccc(F)cc32)o1. The quantitative estimate of drug-likeness (QED) is 0.666. The van der Waals surface area contributed by atoms with Gasteiger partial charge in [-0.1, -0.05) is 0 Å². The fraction of sp³-hybridized carbons (Fsp3) is 0.312. The molecule has 0 spiro atoms. The van der Waals surface area contributed by atoms with Crippen LogP contribution >= 0.6 is 11.6 Å². The number of hydrogen-bond acceptors (Lipinski definition) is 2. The summed E-state index contributed by atoms with van der Waals surface area (Å²) in [6, 6.07) is 8.42. The third-order valence-corrected chi connectivity index (χ3v) is 3.79. The van der Waals surface area contributed by atoms with Gasteiger partial charge in [-0.3, -0.25) is 0 Å². The van der Waals surface area contributed by atoms with Crippen LogP contribution in [-0.4, -0.2) is 15.4 Å². The first kappa shape index (κ1) is 14.1. The number of benzene rings is 1. The monoisotopic (exact) mass is 306 g/mol. The number of nitrogens with zero attached hydrogens (tertiary/aromatic N) is 2. The minimum Gasteiger partial charge on any atom is -0.464 e. The molecular formula is C16H16ClFN2O. The number of imidazole rings is 1. The van der Waals surface area contributed by atoms with E-state index in [0.29, 0.717) is 12.3 Å². The van der Waals surface area contributed by atoms with Gasteiger partial charge in [0.25, 0.3) is 0 Å². The maximum atomic E-state index is 13.6. The van der Waals surface area contributed by atoms with Crippen molar-refractivity contribution in [3.63, 3.8) is 0 Å². The Kier molecular flexibility index (Phi) is 3.72. The number of hydrogen-bond donors (Lipinski definition) is 0. The molecular weight excluding hydrogens is 291 g/mol. The highest BCUT2D eigenvalue weighted by atomic mass is 35.5. The van der Waals surface area contributed by atoms with Gasteiger partial charge in [-0.2, -0.15) is 0 Å². The van der Waals surface area contributed by atoms with Crippen molar-refractivity contribution in [3.05, 3.63) is 53.5 Å². The van der Waals surface area contributed by atoms with Crippen molar-refractivity contribution in [1.29, 1.82) is 0 Å². The van der Waals surface area contributed by atoms with E-state index in [-0.39, 0.29) is 11.9 Å². The van der Waals surface area contributed by atoms with Gasteiger partial charge in [-0.25, -0.2) is 9.37 Å². The normalized spacial score (nSPS) is 13.0. The van der Waals surface area contributed by atoms with E-state index in [1.807, 2.05) is 30.5 Å². The molecule has 110 valence electrons. The summed E-state index contributed by atoms with van der Waals surface area (Å²) >= 11 is 5.87. The van der Waals surface area contributed by atoms with Crippen LogP contribution in [0.5, 0.6) is 0 Å². The molecule has 1 atom stereocenters. The van der Waals surface area contributed by atoms with E-state index >= 15 is 0 Å². The summed E-state index contributed by atoms with van der Waals surface area (Å²) in [4.78, 5) is 4.57. The second kappa shape index (κ2) is 5.53. The van der Waals surface area contributed by atoms with Gasteiger partial charge in [0, 0.05) is 12.3 Å². The fourth-order valence-electron chi connectivity index (χ4n) is 2.61. The van der Waals surface area contributed by atoms with Crippen LogP contribution in [-0.2, 0) is 6.42 Å². The molecule has 0 amide bonds. The van der Waals surface area contributed by atoms with Crippen molar-refractivity contribution in [2.24, 2.45) is 0 Å². The lowest BCUT2D eigenvalue weighted by Crippen LogP contribution is -2.10. The van der Waals surface area contributed by atoms with Crippen LogP contribution < -0.4 is 0 Å². The van der Waals surface area contributed by atoms with Crippen molar-refractivity contribution in [3.8, 4) is 0 Å². The molecule has 2 aromatic heterocycles. The molecule has 0 fully saturated rings. The maximum absolute atomic E-state index is 13.6. The van der Waals surface area contributed by atoms with Gasteiger partial charge in [-0.15, -0.1) is 11.6 Å². The lowest BCUT2D eigenvalue weighted by atomic mass is 10.2. The molecule has 3 aromatic rings. The Labute approximate surface area is 127 Å². The summed E-state index contributed by atoms with van der Waals surface area (Å²) in [5.41, 5.74) is 1.53. The topological polar surface area (TPSA) is 31.0 Å². The summed E-state index contributed by atoms with van der Waals surface area (Å²) in [5, 5.41) is 0. The second-order valence-electron chi connectivity index (χ2n) is 5.09. The summed E-state index contributed by atoms with van der Waals surface area (Å²) in [5.74, 6) is 2.71. The lowest BCUT2D eigenvalue weighted by molar-refractivity contribution is 0.428. The molecule has 0 saturated carbocycles. The first-order valence-corrected chi connectivity index (χ1v) is 7.42. The number of alkyl halides is 1. The van der Waals surface area contributed by atoms with Gasteiger partial charge >= 0.3 is 0 Å². The summed E-state index contributed by atoms with van der Waals surface area (Å²) < 4.78 is 21.3. The van der Waals surface area contributed by atoms with E-state index < -0.39 is 0 Å². The Hall–Kier alpha value is -1.81. The first-order valence-electron chi connectivity index (χ1n) is 6.89. The maximum Gasteiger partial charge on any atom is 0.126 e. The largest absolute Gasteiger partial charge is 0.464 e. The number of aryl methyl sites for hydroxylation is 2. The van der Waals surface area contributed by atoms with E-state index in [2.05, 4.69) is 4.98 Å². The van der Waals surface area contributed by atoms with E-state index in [0.717, 1.165) is 28.4 Å². The number of rotatable bonds is 4. The molecule has 3 nitrogen and oxygen atoms in total. The third kappa shape index (κ3) is 2.56. The van der Waals surface area contributed by atoms with Crippen molar-refractivity contribution >= 4 is 22.6 Å². The minimum absolute atomic E-state index is 0.0660. The van der Waals surface area contributed by atoms with E-state index in [1.54, 1.807) is 6.07 Å². The van der Waals surface area contributed by atoms with E-state index in [9.17, 15) is 4.39 Å². The van der Waals surface area contributed by atoms with Crippen LogP contribution in [0.4, 0.5) is 4.39 Å². The van der Waals surface area contributed by atoms with E-state index in [4.69, 9.17) is 16.0 Å². The van der Waals surface area contributed by atoms with Crippen LogP contribution in [0.1, 0.15) is 30.3 Å². The average molecular weight is 307 g/mol. The molecule has 0 aliphatic carbocycles. The number of halogens is 2. The molecule has 3 rings (SSSR count). The molecule has 0 N–H and O–H groups in total. The Morgan fingerprint density at radius 3 is 2.81 bits per heavy atom. The fourth-order valence-corrected chi connectivity index (χ4v) is 2.78. The van der Waals surface area contributed by atoms with Crippen molar-refractivity contribution in [2.75, 3.05) is 5.88 Å². The van der Waals surface area contributed by atoms with E-state index in [1.165, 1.54) is 12.1 Å². The summed E-state index contributed by atoms with van der Waals surface area (Å²) in [6.45, 7) is 3.92. The summed E-state index contributed by atoms with van der Waals surface area (Å²) in [7, 11) is 0. The van der Waals surface area contributed by atoms with Gasteiger partial charge in [0.2, 0.25) is 0 Å². The smallest absolute Gasteiger partial charge is 0.126 e. The highest BCUT2D eigenvalue weighted by molar-refractivity contribution is 6.17. The molecule has 5 heteroatoms. The number of fused-ring (bicyclic) bond motifs is 1. The van der Waals surface area contributed by atoms with Crippen LogP contribution in [0.2, 0.25) is 0 Å². The molecule has 2 heterocycles. The highest BCUT2D eigenvalue weighted by Gasteiger charge is 2.19. The van der Waals surface area contributed by atoms with Crippen molar-refractivity contribution in [1.82, 2.24) is 9.55 Å². The zero-order valence-corrected chi connectivity index (χ0v) is 12.7.